The summed E-state index contributed by atoms with van der Waals surface area (Å²) in [7, 11) is 0. The third kappa shape index (κ3) is 3.50. The summed E-state index contributed by atoms with van der Waals surface area (Å²) in [6, 6.07) is 8.29. The summed E-state index contributed by atoms with van der Waals surface area (Å²) in [5, 5.41) is 3.98. The van der Waals surface area contributed by atoms with Crippen LogP contribution in [0.3, 0.4) is 0 Å². The Kier molecular flexibility index (Phi) is 4.57. The summed E-state index contributed by atoms with van der Waals surface area (Å²) >= 11 is 7.60. The minimum absolute atomic E-state index is 0.189. The van der Waals surface area contributed by atoms with Gasteiger partial charge in [-0.1, -0.05) is 30.2 Å². The molecule has 2 saturated carbocycles. The average Bonchev–Trinajstić information content (AvgIpc) is 3.01. The van der Waals surface area contributed by atoms with Gasteiger partial charge in [0.15, 0.2) is 0 Å². The monoisotopic (exact) mass is 309 g/mol. The van der Waals surface area contributed by atoms with Crippen molar-refractivity contribution < 1.29 is 4.79 Å². The fourth-order valence-corrected chi connectivity index (χ4v) is 4.56. The second kappa shape index (κ2) is 6.40. The van der Waals surface area contributed by atoms with Gasteiger partial charge in [0.1, 0.15) is 0 Å². The molecule has 3 atom stereocenters. The number of carbonyl (C=O) groups is 1. The van der Waals surface area contributed by atoms with Gasteiger partial charge in [0.05, 0.1) is 5.75 Å². The summed E-state index contributed by atoms with van der Waals surface area (Å²) in [5.41, 5.74) is 1.18. The SMILES string of the molecule is O=C(CSCc1cccc(Cl)c1)N[C@@H]1C[C@H]2CC[C@H]1C2. The normalized spacial score (nSPS) is 27.8. The molecule has 20 heavy (non-hydrogen) atoms. The van der Waals surface area contributed by atoms with Crippen molar-refractivity contribution in [1.82, 2.24) is 5.32 Å². The van der Waals surface area contributed by atoms with Gasteiger partial charge in [-0.3, -0.25) is 4.79 Å². The predicted octanol–water partition coefficient (Wildman–Crippen LogP) is 3.88. The highest BCUT2D eigenvalue weighted by molar-refractivity contribution is 7.99. The third-order valence-electron chi connectivity index (χ3n) is 4.48. The molecule has 2 aliphatic carbocycles. The first-order valence-electron chi connectivity index (χ1n) is 7.32. The summed E-state index contributed by atoms with van der Waals surface area (Å²) in [6.07, 6.45) is 5.22. The molecule has 0 heterocycles. The quantitative estimate of drug-likeness (QED) is 0.894. The number of carbonyl (C=O) groups excluding carboxylic acids is 1. The van der Waals surface area contributed by atoms with Crippen LogP contribution in [0, 0.1) is 11.8 Å². The zero-order valence-corrected chi connectivity index (χ0v) is 13.1. The number of halogens is 1. The highest BCUT2D eigenvalue weighted by Gasteiger charge is 2.39. The second-order valence-electron chi connectivity index (χ2n) is 5.97. The number of thioether (sulfide) groups is 1. The maximum atomic E-state index is 12.0. The average molecular weight is 310 g/mol. The molecule has 0 aliphatic heterocycles. The molecule has 1 aromatic carbocycles. The molecule has 4 heteroatoms. The molecule has 2 bridgehead atoms. The van der Waals surface area contributed by atoms with Crippen LogP contribution >= 0.6 is 23.4 Å². The topological polar surface area (TPSA) is 29.1 Å². The van der Waals surface area contributed by atoms with Crippen molar-refractivity contribution in [2.24, 2.45) is 11.8 Å². The number of hydrogen-bond donors (Lipinski definition) is 1. The van der Waals surface area contributed by atoms with E-state index in [1.165, 1.54) is 31.2 Å². The first-order valence-corrected chi connectivity index (χ1v) is 8.85. The molecule has 2 aliphatic rings. The summed E-state index contributed by atoms with van der Waals surface area (Å²) < 4.78 is 0. The van der Waals surface area contributed by atoms with E-state index < -0.39 is 0 Å². The van der Waals surface area contributed by atoms with Crippen LogP contribution in [0.1, 0.15) is 31.2 Å². The van der Waals surface area contributed by atoms with Gasteiger partial charge in [0.2, 0.25) is 5.91 Å². The number of nitrogens with one attached hydrogen (secondary N) is 1. The fourth-order valence-electron chi connectivity index (χ4n) is 3.56. The Balaban J connectivity index is 1.39. The predicted molar refractivity (Wildman–Crippen MR) is 85.0 cm³/mol. The molecule has 2 nitrogen and oxygen atoms in total. The number of rotatable bonds is 5. The standard InChI is InChI=1S/C16H20ClNOS/c17-14-3-1-2-12(7-14)9-20-10-16(19)18-15-8-11-4-5-13(15)6-11/h1-3,7,11,13,15H,4-6,8-10H2,(H,18,19)/t11-,13-,15+/m0/s1. The molecule has 1 N–H and O–H groups in total. The highest BCUT2D eigenvalue weighted by atomic mass is 35.5. The Morgan fingerprint density at radius 1 is 1.35 bits per heavy atom. The van der Waals surface area contributed by atoms with Crippen LogP contribution < -0.4 is 5.32 Å². The smallest absolute Gasteiger partial charge is 0.230 e. The largest absolute Gasteiger partial charge is 0.352 e. The lowest BCUT2D eigenvalue weighted by Crippen LogP contribution is -2.39. The van der Waals surface area contributed by atoms with Gasteiger partial charge in [0, 0.05) is 16.8 Å². The van der Waals surface area contributed by atoms with Gasteiger partial charge < -0.3 is 5.32 Å². The van der Waals surface area contributed by atoms with Crippen LogP contribution in [0.2, 0.25) is 5.02 Å². The maximum absolute atomic E-state index is 12.0. The molecule has 0 saturated heterocycles. The van der Waals surface area contributed by atoms with Crippen molar-refractivity contribution in [2.75, 3.05) is 5.75 Å². The van der Waals surface area contributed by atoms with Gasteiger partial charge in [-0.25, -0.2) is 0 Å². The van der Waals surface area contributed by atoms with Gasteiger partial charge in [-0.15, -0.1) is 11.8 Å². The number of amides is 1. The molecule has 1 aromatic rings. The summed E-state index contributed by atoms with van der Waals surface area (Å²) in [5.74, 6) is 3.20. The first kappa shape index (κ1) is 14.3. The van der Waals surface area contributed by atoms with Crippen molar-refractivity contribution >= 4 is 29.3 Å². The Morgan fingerprint density at radius 3 is 2.95 bits per heavy atom. The van der Waals surface area contributed by atoms with E-state index in [0.29, 0.717) is 11.8 Å². The van der Waals surface area contributed by atoms with Crippen molar-refractivity contribution in [3.05, 3.63) is 34.9 Å². The number of hydrogen-bond acceptors (Lipinski definition) is 2. The minimum Gasteiger partial charge on any atom is -0.352 e. The van der Waals surface area contributed by atoms with Crippen LogP contribution in [0.4, 0.5) is 0 Å². The lowest BCUT2D eigenvalue weighted by atomic mass is 9.95. The van der Waals surface area contributed by atoms with Crippen molar-refractivity contribution in [3.8, 4) is 0 Å². The Hall–Kier alpha value is -0.670. The molecule has 1 amide bonds. The Bertz CT molecular complexity index is 493. The van der Waals surface area contributed by atoms with Gasteiger partial charge in [-0.2, -0.15) is 0 Å². The van der Waals surface area contributed by atoms with E-state index in [9.17, 15) is 4.79 Å². The van der Waals surface area contributed by atoms with E-state index in [2.05, 4.69) is 5.32 Å². The molecule has 0 unspecified atom stereocenters. The molecular weight excluding hydrogens is 290 g/mol. The number of fused-ring (bicyclic) bond motifs is 2. The summed E-state index contributed by atoms with van der Waals surface area (Å²) in [6.45, 7) is 0. The van der Waals surface area contributed by atoms with E-state index in [4.69, 9.17) is 11.6 Å². The van der Waals surface area contributed by atoms with E-state index in [0.717, 1.165) is 22.6 Å². The molecule has 3 rings (SSSR count). The zero-order chi connectivity index (χ0) is 13.9. The van der Waals surface area contributed by atoms with E-state index in [-0.39, 0.29) is 5.91 Å². The van der Waals surface area contributed by atoms with Crippen LogP contribution in [0.25, 0.3) is 0 Å². The molecule has 108 valence electrons. The molecule has 0 radical (unpaired) electrons. The van der Waals surface area contributed by atoms with E-state index >= 15 is 0 Å². The molecule has 0 spiro atoms. The maximum Gasteiger partial charge on any atom is 0.230 e. The van der Waals surface area contributed by atoms with E-state index in [1.54, 1.807) is 11.8 Å². The van der Waals surface area contributed by atoms with Crippen LogP contribution in [-0.2, 0) is 10.5 Å². The molecule has 2 fully saturated rings. The van der Waals surface area contributed by atoms with E-state index in [1.807, 2.05) is 24.3 Å². The van der Waals surface area contributed by atoms with Crippen molar-refractivity contribution in [1.29, 1.82) is 0 Å². The second-order valence-corrected chi connectivity index (χ2v) is 7.39. The molecular formula is C16H20ClNOS. The first-order chi connectivity index (χ1) is 9.70. The van der Waals surface area contributed by atoms with Crippen LogP contribution in [0.5, 0.6) is 0 Å². The van der Waals surface area contributed by atoms with Gasteiger partial charge in [0.25, 0.3) is 0 Å². The Labute approximate surface area is 129 Å². The van der Waals surface area contributed by atoms with Gasteiger partial charge >= 0.3 is 0 Å². The highest BCUT2D eigenvalue weighted by Crippen LogP contribution is 2.44. The van der Waals surface area contributed by atoms with Crippen LogP contribution in [-0.4, -0.2) is 17.7 Å². The van der Waals surface area contributed by atoms with Crippen molar-refractivity contribution in [2.45, 2.75) is 37.5 Å². The van der Waals surface area contributed by atoms with Gasteiger partial charge in [-0.05, 0) is 48.8 Å². The lowest BCUT2D eigenvalue weighted by molar-refractivity contribution is -0.119. The lowest BCUT2D eigenvalue weighted by Gasteiger charge is -2.22. The van der Waals surface area contributed by atoms with Crippen molar-refractivity contribution in [3.63, 3.8) is 0 Å². The fraction of sp³-hybridized carbons (Fsp3) is 0.562. The Morgan fingerprint density at radius 2 is 2.25 bits per heavy atom. The number of benzene rings is 1. The minimum atomic E-state index is 0.189. The van der Waals surface area contributed by atoms with Crippen LogP contribution in [0.15, 0.2) is 24.3 Å². The third-order valence-corrected chi connectivity index (χ3v) is 5.71. The molecule has 0 aromatic heterocycles. The zero-order valence-electron chi connectivity index (χ0n) is 11.5. The summed E-state index contributed by atoms with van der Waals surface area (Å²) in [4.78, 5) is 12.0.